The third kappa shape index (κ3) is 5.14. The van der Waals surface area contributed by atoms with E-state index in [0.29, 0.717) is 13.1 Å². The number of benzene rings is 1. The van der Waals surface area contributed by atoms with E-state index in [1.54, 1.807) is 12.4 Å². The quantitative estimate of drug-likeness (QED) is 0.330. The number of guanidine groups is 1. The van der Waals surface area contributed by atoms with Crippen LogP contribution in [0.3, 0.4) is 0 Å². The Morgan fingerprint density at radius 2 is 2.09 bits per heavy atom. The highest BCUT2D eigenvalue weighted by Gasteiger charge is 2.05. The van der Waals surface area contributed by atoms with Crippen molar-refractivity contribution in [3.8, 4) is 5.69 Å². The number of hydrogen-bond donors (Lipinski definition) is 2. The maximum atomic E-state index is 4.50. The monoisotopic (exact) mass is 412 g/mol. The summed E-state index contributed by atoms with van der Waals surface area (Å²) < 4.78 is 1.93. The number of nitrogens with one attached hydrogen (secondary N) is 2. The number of aliphatic imine (C=N–C) groups is 1. The Labute approximate surface area is 147 Å². The molecule has 2 aromatic rings. The standard InChI is InChI=1S/C15H20N6.HI/c1-3-10-17-15(16-4-2)18-11-14-20-19-12-21(14)13-8-6-5-7-9-13;/h3,5-9,12H,1,4,10-11H2,2H3,(H2,16,17,18);1H. The molecule has 0 aliphatic heterocycles. The van der Waals surface area contributed by atoms with Crippen LogP contribution in [0, 0.1) is 0 Å². The average Bonchev–Trinajstić information content (AvgIpc) is 2.99. The van der Waals surface area contributed by atoms with Gasteiger partial charge in [-0.25, -0.2) is 4.99 Å². The first-order chi connectivity index (χ1) is 10.3. The van der Waals surface area contributed by atoms with Gasteiger partial charge < -0.3 is 10.6 Å². The minimum Gasteiger partial charge on any atom is -0.357 e. The number of hydrogen-bond acceptors (Lipinski definition) is 3. The molecule has 0 atom stereocenters. The van der Waals surface area contributed by atoms with E-state index < -0.39 is 0 Å². The van der Waals surface area contributed by atoms with Crippen molar-refractivity contribution in [2.75, 3.05) is 13.1 Å². The largest absolute Gasteiger partial charge is 0.357 e. The predicted octanol–water partition coefficient (Wildman–Crippen LogP) is 2.13. The molecule has 1 aromatic carbocycles. The van der Waals surface area contributed by atoms with Crippen LogP contribution in [0.15, 0.2) is 54.3 Å². The van der Waals surface area contributed by atoms with Crippen molar-refractivity contribution in [3.63, 3.8) is 0 Å². The van der Waals surface area contributed by atoms with E-state index >= 15 is 0 Å². The van der Waals surface area contributed by atoms with E-state index in [9.17, 15) is 0 Å². The fourth-order valence-corrected chi connectivity index (χ4v) is 1.83. The summed E-state index contributed by atoms with van der Waals surface area (Å²) in [5, 5.41) is 14.4. The third-order valence-corrected chi connectivity index (χ3v) is 2.79. The molecular formula is C15H21IN6. The first-order valence-corrected chi connectivity index (χ1v) is 6.92. The smallest absolute Gasteiger partial charge is 0.191 e. The van der Waals surface area contributed by atoms with Crippen LogP contribution in [-0.2, 0) is 6.54 Å². The molecule has 22 heavy (non-hydrogen) atoms. The molecule has 0 amide bonds. The number of para-hydroxylation sites is 1. The summed E-state index contributed by atoms with van der Waals surface area (Å²) in [5.41, 5.74) is 1.02. The Morgan fingerprint density at radius 1 is 1.32 bits per heavy atom. The highest BCUT2D eigenvalue weighted by atomic mass is 127. The van der Waals surface area contributed by atoms with Gasteiger partial charge in [0.1, 0.15) is 12.9 Å². The molecule has 0 aliphatic carbocycles. The van der Waals surface area contributed by atoms with Crippen molar-refractivity contribution < 1.29 is 0 Å². The second-order valence-corrected chi connectivity index (χ2v) is 4.32. The highest BCUT2D eigenvalue weighted by Crippen LogP contribution is 2.09. The van der Waals surface area contributed by atoms with Gasteiger partial charge in [0.2, 0.25) is 0 Å². The lowest BCUT2D eigenvalue weighted by Crippen LogP contribution is -2.37. The van der Waals surface area contributed by atoms with Crippen LogP contribution in [0.1, 0.15) is 12.7 Å². The van der Waals surface area contributed by atoms with Crippen molar-refractivity contribution in [1.29, 1.82) is 0 Å². The molecule has 118 valence electrons. The van der Waals surface area contributed by atoms with E-state index in [1.165, 1.54) is 0 Å². The molecule has 2 rings (SSSR count). The van der Waals surface area contributed by atoms with Crippen LogP contribution < -0.4 is 10.6 Å². The first kappa shape index (κ1) is 18.1. The normalized spacial score (nSPS) is 10.7. The molecule has 0 saturated carbocycles. The maximum absolute atomic E-state index is 4.50. The molecule has 2 N–H and O–H groups in total. The van der Waals surface area contributed by atoms with E-state index in [2.05, 4.69) is 32.4 Å². The molecule has 6 nitrogen and oxygen atoms in total. The molecule has 0 radical (unpaired) electrons. The Hall–Kier alpha value is -1.90. The fraction of sp³-hybridized carbons (Fsp3) is 0.267. The minimum atomic E-state index is 0. The van der Waals surface area contributed by atoms with E-state index in [1.807, 2.05) is 41.8 Å². The Bertz CT molecular complexity index is 593. The summed E-state index contributed by atoms with van der Waals surface area (Å²) in [7, 11) is 0. The summed E-state index contributed by atoms with van der Waals surface area (Å²) in [4.78, 5) is 4.50. The van der Waals surface area contributed by atoms with Gasteiger partial charge in [-0.15, -0.1) is 40.8 Å². The number of aromatic nitrogens is 3. The van der Waals surface area contributed by atoms with Crippen LogP contribution in [0.5, 0.6) is 0 Å². The van der Waals surface area contributed by atoms with Gasteiger partial charge in [0.15, 0.2) is 11.8 Å². The summed E-state index contributed by atoms with van der Waals surface area (Å²) in [6.45, 7) is 7.62. The van der Waals surface area contributed by atoms with Gasteiger partial charge in [0, 0.05) is 18.8 Å². The fourth-order valence-electron chi connectivity index (χ4n) is 1.83. The highest BCUT2D eigenvalue weighted by molar-refractivity contribution is 14.0. The molecule has 1 heterocycles. The third-order valence-electron chi connectivity index (χ3n) is 2.79. The van der Waals surface area contributed by atoms with E-state index in [0.717, 1.165) is 24.0 Å². The summed E-state index contributed by atoms with van der Waals surface area (Å²) in [5.74, 6) is 1.53. The molecular weight excluding hydrogens is 391 g/mol. The van der Waals surface area contributed by atoms with Crippen molar-refractivity contribution >= 4 is 29.9 Å². The van der Waals surface area contributed by atoms with Crippen LogP contribution in [0.4, 0.5) is 0 Å². The zero-order valence-corrected chi connectivity index (χ0v) is 14.9. The van der Waals surface area contributed by atoms with Crippen molar-refractivity contribution in [3.05, 3.63) is 55.1 Å². The Kier molecular flexibility index (Phi) is 8.19. The van der Waals surface area contributed by atoms with Gasteiger partial charge in [-0.2, -0.15) is 0 Å². The van der Waals surface area contributed by atoms with Crippen molar-refractivity contribution in [1.82, 2.24) is 25.4 Å². The average molecular weight is 412 g/mol. The topological polar surface area (TPSA) is 67.1 Å². The van der Waals surface area contributed by atoms with Crippen LogP contribution in [-0.4, -0.2) is 33.8 Å². The molecule has 0 spiro atoms. The van der Waals surface area contributed by atoms with Gasteiger partial charge in [0.05, 0.1) is 0 Å². The molecule has 0 saturated heterocycles. The summed E-state index contributed by atoms with van der Waals surface area (Å²) in [6.07, 6.45) is 3.49. The van der Waals surface area contributed by atoms with Gasteiger partial charge in [-0.3, -0.25) is 4.57 Å². The lowest BCUT2D eigenvalue weighted by molar-refractivity contribution is 0.818. The lowest BCUT2D eigenvalue weighted by Gasteiger charge is -2.09. The molecule has 0 unspecified atom stereocenters. The number of halogens is 1. The van der Waals surface area contributed by atoms with E-state index in [-0.39, 0.29) is 24.0 Å². The van der Waals surface area contributed by atoms with Crippen molar-refractivity contribution in [2.45, 2.75) is 13.5 Å². The lowest BCUT2D eigenvalue weighted by atomic mass is 10.3. The van der Waals surface area contributed by atoms with Gasteiger partial charge >= 0.3 is 0 Å². The SMILES string of the molecule is C=CCNC(=NCc1nncn1-c1ccccc1)NCC.I. The van der Waals surface area contributed by atoms with E-state index in [4.69, 9.17) is 0 Å². The Balaban J connectivity index is 0.00000242. The maximum Gasteiger partial charge on any atom is 0.191 e. The van der Waals surface area contributed by atoms with Gasteiger partial charge in [-0.05, 0) is 19.1 Å². The summed E-state index contributed by atoms with van der Waals surface area (Å²) >= 11 is 0. The molecule has 0 aliphatic rings. The van der Waals surface area contributed by atoms with Crippen molar-refractivity contribution in [2.24, 2.45) is 4.99 Å². The van der Waals surface area contributed by atoms with Crippen LogP contribution >= 0.6 is 24.0 Å². The predicted molar refractivity (Wildman–Crippen MR) is 99.8 cm³/mol. The molecule has 0 fully saturated rings. The minimum absolute atomic E-state index is 0. The second kappa shape index (κ2) is 9.93. The van der Waals surface area contributed by atoms with Crippen LogP contribution in [0.2, 0.25) is 0 Å². The Morgan fingerprint density at radius 3 is 2.77 bits per heavy atom. The molecule has 1 aromatic heterocycles. The zero-order valence-electron chi connectivity index (χ0n) is 12.6. The summed E-state index contributed by atoms with van der Waals surface area (Å²) in [6, 6.07) is 9.97. The first-order valence-electron chi connectivity index (χ1n) is 6.92. The number of rotatable bonds is 6. The zero-order chi connectivity index (χ0) is 14.9. The number of nitrogens with zero attached hydrogens (tertiary/aromatic N) is 4. The van der Waals surface area contributed by atoms with Gasteiger partial charge in [-0.1, -0.05) is 24.3 Å². The second-order valence-electron chi connectivity index (χ2n) is 4.32. The molecule has 7 heteroatoms. The van der Waals surface area contributed by atoms with Crippen LogP contribution in [0.25, 0.3) is 5.69 Å². The van der Waals surface area contributed by atoms with Gasteiger partial charge in [0.25, 0.3) is 0 Å². The molecule has 0 bridgehead atoms.